The number of imidazole rings is 1. The molecule has 1 heterocycles. The van der Waals surface area contributed by atoms with Gasteiger partial charge < -0.3 is 4.98 Å². The van der Waals surface area contributed by atoms with Gasteiger partial charge >= 0.3 is 11.9 Å². The van der Waals surface area contributed by atoms with Gasteiger partial charge in [0, 0.05) is 7.05 Å². The molecule has 0 atom stereocenters. The molecule has 0 saturated heterocycles. The van der Waals surface area contributed by atoms with Gasteiger partial charge in [-0.2, -0.15) is 13.2 Å². The van der Waals surface area contributed by atoms with Gasteiger partial charge in [0.15, 0.2) is 0 Å². The van der Waals surface area contributed by atoms with Gasteiger partial charge in [0.05, 0.1) is 16.6 Å². The van der Waals surface area contributed by atoms with Crippen molar-refractivity contribution in [3.63, 3.8) is 0 Å². The summed E-state index contributed by atoms with van der Waals surface area (Å²) in [5, 5.41) is 0. The lowest BCUT2D eigenvalue weighted by atomic mass is 9.86. The summed E-state index contributed by atoms with van der Waals surface area (Å²) in [4.78, 5) is 14.8. The molecule has 1 N–H and O–H groups in total. The van der Waals surface area contributed by atoms with E-state index in [-0.39, 0.29) is 22.2 Å². The summed E-state index contributed by atoms with van der Waals surface area (Å²) in [6, 6.07) is 5.52. The average molecular weight is 380 g/mol. The number of nitrogens with one attached hydrogen (secondary N) is 1. The fraction of sp³-hybridized carbons (Fsp3) is 0.350. The average Bonchev–Trinajstić information content (AvgIpc) is 2.80. The highest BCUT2D eigenvalue weighted by Crippen LogP contribution is 2.39. The van der Waals surface area contributed by atoms with E-state index < -0.39 is 17.6 Å². The second-order valence-corrected chi connectivity index (χ2v) is 7.94. The number of rotatable bonds is 2. The number of halogens is 4. The van der Waals surface area contributed by atoms with Crippen LogP contribution < -0.4 is 5.69 Å². The first-order valence-corrected chi connectivity index (χ1v) is 8.45. The van der Waals surface area contributed by atoms with Crippen molar-refractivity contribution < 1.29 is 17.6 Å². The highest BCUT2D eigenvalue weighted by atomic mass is 19.4. The van der Waals surface area contributed by atoms with E-state index in [1.807, 2.05) is 20.8 Å². The van der Waals surface area contributed by atoms with Crippen LogP contribution in [0.1, 0.15) is 31.9 Å². The third kappa shape index (κ3) is 3.77. The summed E-state index contributed by atoms with van der Waals surface area (Å²) in [6.45, 7) is 5.99. The van der Waals surface area contributed by atoms with Crippen LogP contribution >= 0.6 is 0 Å². The Morgan fingerprint density at radius 3 is 2.33 bits per heavy atom. The van der Waals surface area contributed by atoms with Crippen LogP contribution in [0.4, 0.5) is 17.6 Å². The number of H-pyrrole nitrogens is 1. The van der Waals surface area contributed by atoms with Gasteiger partial charge in [-0.25, -0.2) is 9.18 Å². The van der Waals surface area contributed by atoms with E-state index in [0.717, 1.165) is 18.2 Å². The minimum absolute atomic E-state index is 0.160. The molecule has 0 aliphatic rings. The van der Waals surface area contributed by atoms with Gasteiger partial charge in [-0.3, -0.25) is 4.57 Å². The highest BCUT2D eigenvalue weighted by Gasteiger charge is 2.34. The molecule has 0 bridgehead atoms. The van der Waals surface area contributed by atoms with Crippen LogP contribution in [0.3, 0.4) is 0 Å². The monoisotopic (exact) mass is 380 g/mol. The molecule has 27 heavy (non-hydrogen) atoms. The maximum absolute atomic E-state index is 13.8. The molecule has 3 aromatic rings. The molecule has 0 aliphatic carbocycles. The predicted octanol–water partition coefficient (Wildman–Crippen LogP) is 5.28. The van der Waals surface area contributed by atoms with Crippen molar-refractivity contribution in [1.29, 1.82) is 0 Å². The molecule has 144 valence electrons. The normalized spacial score (nSPS) is 12.7. The maximum atomic E-state index is 13.8. The Morgan fingerprint density at radius 1 is 1.07 bits per heavy atom. The van der Waals surface area contributed by atoms with E-state index in [0.29, 0.717) is 23.0 Å². The predicted molar refractivity (Wildman–Crippen MR) is 97.1 cm³/mol. The van der Waals surface area contributed by atoms with Crippen molar-refractivity contribution in [2.24, 2.45) is 12.5 Å². The van der Waals surface area contributed by atoms with Gasteiger partial charge in [0.25, 0.3) is 0 Å². The number of alkyl halides is 3. The van der Waals surface area contributed by atoms with Crippen molar-refractivity contribution in [2.45, 2.75) is 33.4 Å². The molecule has 1 aromatic heterocycles. The van der Waals surface area contributed by atoms with E-state index in [4.69, 9.17) is 0 Å². The van der Waals surface area contributed by atoms with E-state index >= 15 is 0 Å². The number of hydrogen-bond donors (Lipinski definition) is 1. The SMILES string of the molecule is Cn1c(=O)[nH]c2c(CC(C)(C)C)cc(-c3cc(F)ccc3C(F)(F)F)cc21. The lowest BCUT2D eigenvalue weighted by Crippen LogP contribution is -2.11. The Labute approximate surface area is 153 Å². The molecule has 0 unspecified atom stereocenters. The second kappa shape index (κ2) is 6.25. The Morgan fingerprint density at radius 2 is 1.74 bits per heavy atom. The van der Waals surface area contributed by atoms with Crippen LogP contribution in [0, 0.1) is 11.2 Å². The minimum Gasteiger partial charge on any atom is -0.305 e. The molecule has 3 nitrogen and oxygen atoms in total. The molecule has 0 saturated carbocycles. The van der Waals surface area contributed by atoms with Crippen molar-refractivity contribution >= 4 is 11.0 Å². The van der Waals surface area contributed by atoms with Gasteiger partial charge in [-0.15, -0.1) is 0 Å². The molecule has 0 radical (unpaired) electrons. The molecule has 0 amide bonds. The van der Waals surface area contributed by atoms with E-state index in [1.165, 1.54) is 10.6 Å². The number of hydrogen-bond acceptors (Lipinski definition) is 1. The number of aryl methyl sites for hydroxylation is 1. The zero-order valence-electron chi connectivity index (χ0n) is 15.5. The van der Waals surface area contributed by atoms with Crippen LogP contribution in [0.15, 0.2) is 35.1 Å². The van der Waals surface area contributed by atoms with Crippen molar-refractivity contribution in [1.82, 2.24) is 9.55 Å². The molecule has 2 aromatic carbocycles. The molecule has 0 spiro atoms. The number of aromatic amines is 1. The third-order valence-electron chi connectivity index (χ3n) is 4.42. The summed E-state index contributed by atoms with van der Waals surface area (Å²) < 4.78 is 55.5. The smallest absolute Gasteiger partial charge is 0.305 e. The van der Waals surface area contributed by atoms with E-state index in [1.54, 1.807) is 13.1 Å². The van der Waals surface area contributed by atoms with Gasteiger partial charge in [0.2, 0.25) is 0 Å². The Hall–Kier alpha value is -2.57. The Kier molecular flexibility index (Phi) is 4.44. The van der Waals surface area contributed by atoms with Crippen molar-refractivity contribution in [3.8, 4) is 11.1 Å². The van der Waals surface area contributed by atoms with Crippen molar-refractivity contribution in [2.75, 3.05) is 0 Å². The fourth-order valence-electron chi connectivity index (χ4n) is 3.26. The molecule has 7 heteroatoms. The van der Waals surface area contributed by atoms with Crippen molar-refractivity contribution in [3.05, 3.63) is 57.8 Å². The number of benzene rings is 2. The summed E-state index contributed by atoms with van der Waals surface area (Å²) in [5.74, 6) is -0.751. The maximum Gasteiger partial charge on any atom is 0.417 e. The number of aromatic nitrogens is 2. The largest absolute Gasteiger partial charge is 0.417 e. The Balaban J connectivity index is 2.35. The summed E-state index contributed by atoms with van der Waals surface area (Å²) in [5.41, 5.74) is 0.340. The lowest BCUT2D eigenvalue weighted by Gasteiger charge is -2.20. The molecule has 3 rings (SSSR count). The second-order valence-electron chi connectivity index (χ2n) is 7.94. The van der Waals surface area contributed by atoms with Crippen LogP contribution in [-0.2, 0) is 19.6 Å². The Bertz CT molecular complexity index is 1070. The number of fused-ring (bicyclic) bond motifs is 1. The standard InChI is InChI=1S/C20H20F4N2O/c1-19(2,3)10-12-7-11(8-16-17(12)25-18(27)26(16)4)14-9-13(21)5-6-15(14)20(22,23)24/h5-9H,10H2,1-4H3,(H,25,27). The zero-order chi connectivity index (χ0) is 20.1. The van der Waals surface area contributed by atoms with Crippen LogP contribution in [0.25, 0.3) is 22.2 Å². The topological polar surface area (TPSA) is 37.8 Å². The zero-order valence-corrected chi connectivity index (χ0v) is 15.5. The van der Waals surface area contributed by atoms with Crippen LogP contribution in [0.2, 0.25) is 0 Å². The van der Waals surface area contributed by atoms with Crippen LogP contribution in [0.5, 0.6) is 0 Å². The quantitative estimate of drug-likeness (QED) is 0.604. The first kappa shape index (κ1) is 19.2. The first-order valence-electron chi connectivity index (χ1n) is 8.45. The number of nitrogens with zero attached hydrogens (tertiary/aromatic N) is 1. The molecule has 0 aliphatic heterocycles. The molecular formula is C20H20F4N2O. The minimum atomic E-state index is -4.62. The lowest BCUT2D eigenvalue weighted by molar-refractivity contribution is -0.137. The van der Waals surface area contributed by atoms with Gasteiger partial charge in [-0.1, -0.05) is 20.8 Å². The van der Waals surface area contributed by atoms with E-state index in [2.05, 4.69) is 4.98 Å². The molecule has 0 fully saturated rings. The fourth-order valence-corrected chi connectivity index (χ4v) is 3.26. The summed E-state index contributed by atoms with van der Waals surface area (Å²) in [7, 11) is 1.54. The molecular weight excluding hydrogens is 360 g/mol. The third-order valence-corrected chi connectivity index (χ3v) is 4.42. The first-order chi connectivity index (χ1) is 12.4. The van der Waals surface area contributed by atoms with Gasteiger partial charge in [-0.05, 0) is 58.9 Å². The van der Waals surface area contributed by atoms with Gasteiger partial charge in [0.1, 0.15) is 5.82 Å². The summed E-state index contributed by atoms with van der Waals surface area (Å²) in [6.07, 6.45) is -4.08. The van der Waals surface area contributed by atoms with Crippen LogP contribution in [-0.4, -0.2) is 9.55 Å². The highest BCUT2D eigenvalue weighted by molar-refractivity contribution is 5.86. The summed E-state index contributed by atoms with van der Waals surface area (Å²) >= 11 is 0. The van der Waals surface area contributed by atoms with E-state index in [9.17, 15) is 22.4 Å².